The smallest absolute Gasteiger partial charge is 0.315 e. The Bertz CT molecular complexity index is 680. The molecule has 2 atom stereocenters. The van der Waals surface area contributed by atoms with Crippen molar-refractivity contribution in [3.8, 4) is 0 Å². The molecule has 0 saturated carbocycles. The van der Waals surface area contributed by atoms with E-state index in [4.69, 9.17) is 16.3 Å². The number of ether oxygens (including phenoxy) is 1. The largest absolute Gasteiger partial charge is 0.381 e. The van der Waals surface area contributed by atoms with Crippen LogP contribution in [-0.4, -0.2) is 35.3 Å². The lowest BCUT2D eigenvalue weighted by molar-refractivity contribution is 0.185. The average molecular weight is 349 g/mol. The van der Waals surface area contributed by atoms with Crippen LogP contribution in [0.1, 0.15) is 23.9 Å². The molecule has 128 valence electrons. The average Bonchev–Trinajstić information content (AvgIpc) is 3.23. The van der Waals surface area contributed by atoms with Gasteiger partial charge in [0.1, 0.15) is 11.9 Å². The number of benzene rings is 1. The molecule has 0 bridgehead atoms. The van der Waals surface area contributed by atoms with Gasteiger partial charge in [-0.2, -0.15) is 0 Å². The van der Waals surface area contributed by atoms with E-state index in [1.165, 1.54) is 0 Å². The molecule has 1 aromatic heterocycles. The molecule has 2 N–H and O–H groups in total. The minimum Gasteiger partial charge on any atom is -0.381 e. The van der Waals surface area contributed by atoms with E-state index in [-0.39, 0.29) is 12.1 Å². The van der Waals surface area contributed by atoms with E-state index in [1.807, 2.05) is 42.1 Å². The molecule has 6 nitrogen and oxygen atoms in total. The summed E-state index contributed by atoms with van der Waals surface area (Å²) in [5.41, 5.74) is 0.924. The third kappa shape index (κ3) is 4.07. The second kappa shape index (κ2) is 7.68. The summed E-state index contributed by atoms with van der Waals surface area (Å²) in [5.74, 6) is 1.15. The van der Waals surface area contributed by atoms with Crippen molar-refractivity contribution in [3.63, 3.8) is 0 Å². The molecule has 2 amide bonds. The monoisotopic (exact) mass is 348 g/mol. The van der Waals surface area contributed by atoms with E-state index >= 15 is 0 Å². The van der Waals surface area contributed by atoms with Crippen LogP contribution >= 0.6 is 11.6 Å². The summed E-state index contributed by atoms with van der Waals surface area (Å²) in [6, 6.07) is 6.84. The fraction of sp³-hybridized carbons (Fsp3) is 0.412. The zero-order valence-electron chi connectivity index (χ0n) is 13.5. The molecule has 0 aliphatic carbocycles. The quantitative estimate of drug-likeness (QED) is 0.872. The Hall–Kier alpha value is -2.05. The Morgan fingerprint density at radius 1 is 1.46 bits per heavy atom. The Labute approximate surface area is 146 Å². The van der Waals surface area contributed by atoms with E-state index in [2.05, 4.69) is 15.6 Å². The van der Waals surface area contributed by atoms with E-state index < -0.39 is 0 Å². The molecule has 1 aromatic carbocycles. The van der Waals surface area contributed by atoms with Crippen LogP contribution in [0.4, 0.5) is 4.79 Å². The Morgan fingerprint density at radius 3 is 2.88 bits per heavy atom. The Morgan fingerprint density at radius 2 is 2.25 bits per heavy atom. The number of imidazole rings is 1. The van der Waals surface area contributed by atoms with Crippen LogP contribution in [0.25, 0.3) is 0 Å². The van der Waals surface area contributed by atoms with Gasteiger partial charge in [0, 0.05) is 43.5 Å². The van der Waals surface area contributed by atoms with Crippen molar-refractivity contribution in [1.82, 2.24) is 20.2 Å². The SMILES string of the molecule is Cn1ccnc1[C@@H](NC(=O)NC[C@@H]1CCOC1)c1ccc(Cl)cc1. The lowest BCUT2D eigenvalue weighted by atomic mass is 10.1. The van der Waals surface area contributed by atoms with Gasteiger partial charge in [-0.15, -0.1) is 0 Å². The van der Waals surface area contributed by atoms with Gasteiger partial charge in [0.05, 0.1) is 6.61 Å². The van der Waals surface area contributed by atoms with Gasteiger partial charge in [-0.3, -0.25) is 0 Å². The van der Waals surface area contributed by atoms with Crippen LogP contribution in [0.5, 0.6) is 0 Å². The van der Waals surface area contributed by atoms with Gasteiger partial charge < -0.3 is 19.9 Å². The number of nitrogens with one attached hydrogen (secondary N) is 2. The number of nitrogens with zero attached hydrogens (tertiary/aromatic N) is 2. The van der Waals surface area contributed by atoms with Crippen LogP contribution in [0.15, 0.2) is 36.7 Å². The van der Waals surface area contributed by atoms with Gasteiger partial charge in [0.2, 0.25) is 0 Å². The number of amides is 2. The van der Waals surface area contributed by atoms with Crippen molar-refractivity contribution in [2.75, 3.05) is 19.8 Å². The summed E-state index contributed by atoms with van der Waals surface area (Å²) in [6.07, 6.45) is 4.56. The molecule has 2 aromatic rings. The van der Waals surface area contributed by atoms with Gasteiger partial charge in [-0.25, -0.2) is 9.78 Å². The predicted octanol–water partition coefficient (Wildman–Crippen LogP) is 2.50. The minimum atomic E-state index is -0.345. The standard InChI is InChI=1S/C17H21ClN4O2/c1-22-8-7-19-16(22)15(13-2-4-14(18)5-3-13)21-17(23)20-10-12-6-9-24-11-12/h2-5,7-8,12,15H,6,9-11H2,1H3,(H2,20,21,23)/t12-,15-/m0/s1. The van der Waals surface area contributed by atoms with Gasteiger partial charge in [-0.1, -0.05) is 23.7 Å². The number of hydrogen-bond donors (Lipinski definition) is 2. The van der Waals surface area contributed by atoms with Crippen molar-refractivity contribution in [2.24, 2.45) is 13.0 Å². The number of carbonyl (C=O) groups excluding carboxylic acids is 1. The first-order chi connectivity index (χ1) is 11.6. The topological polar surface area (TPSA) is 68.2 Å². The maximum atomic E-state index is 12.3. The molecule has 7 heteroatoms. The molecule has 3 rings (SSSR count). The Balaban J connectivity index is 1.71. The highest BCUT2D eigenvalue weighted by atomic mass is 35.5. The third-order valence-corrected chi connectivity index (χ3v) is 4.42. The summed E-state index contributed by atoms with van der Waals surface area (Å²) in [6.45, 7) is 2.09. The Kier molecular flexibility index (Phi) is 5.37. The molecule has 1 aliphatic rings. The van der Waals surface area contributed by atoms with Gasteiger partial charge in [0.25, 0.3) is 0 Å². The summed E-state index contributed by atoms with van der Waals surface area (Å²) in [7, 11) is 1.90. The lowest BCUT2D eigenvalue weighted by Crippen LogP contribution is -2.41. The molecule has 2 heterocycles. The zero-order chi connectivity index (χ0) is 16.9. The molecule has 0 unspecified atom stereocenters. The van der Waals surface area contributed by atoms with E-state index in [9.17, 15) is 4.79 Å². The second-order valence-corrected chi connectivity index (χ2v) is 6.40. The second-order valence-electron chi connectivity index (χ2n) is 5.96. The predicted molar refractivity (Wildman–Crippen MR) is 92.0 cm³/mol. The molecule has 0 radical (unpaired) electrons. The molecule has 1 saturated heterocycles. The number of hydrogen-bond acceptors (Lipinski definition) is 3. The first-order valence-electron chi connectivity index (χ1n) is 7.98. The first kappa shape index (κ1) is 16.8. The highest BCUT2D eigenvalue weighted by Crippen LogP contribution is 2.22. The van der Waals surface area contributed by atoms with Crippen LogP contribution in [-0.2, 0) is 11.8 Å². The van der Waals surface area contributed by atoms with E-state index in [1.54, 1.807) is 6.20 Å². The summed E-state index contributed by atoms with van der Waals surface area (Å²) in [4.78, 5) is 16.7. The number of rotatable bonds is 5. The van der Waals surface area contributed by atoms with Crippen molar-refractivity contribution >= 4 is 17.6 Å². The number of halogens is 1. The molecule has 24 heavy (non-hydrogen) atoms. The lowest BCUT2D eigenvalue weighted by Gasteiger charge is -2.20. The fourth-order valence-corrected chi connectivity index (χ4v) is 2.90. The fourth-order valence-electron chi connectivity index (χ4n) is 2.77. The van der Waals surface area contributed by atoms with Crippen molar-refractivity contribution in [2.45, 2.75) is 12.5 Å². The summed E-state index contributed by atoms with van der Waals surface area (Å²) < 4.78 is 7.22. The summed E-state index contributed by atoms with van der Waals surface area (Å²) >= 11 is 5.97. The van der Waals surface area contributed by atoms with Crippen molar-refractivity contribution < 1.29 is 9.53 Å². The van der Waals surface area contributed by atoms with Crippen molar-refractivity contribution in [3.05, 3.63) is 53.1 Å². The molecular weight excluding hydrogens is 328 g/mol. The van der Waals surface area contributed by atoms with Crippen LogP contribution in [0.3, 0.4) is 0 Å². The normalized spacial score (nSPS) is 18.3. The zero-order valence-corrected chi connectivity index (χ0v) is 14.3. The van der Waals surface area contributed by atoms with Crippen molar-refractivity contribution in [1.29, 1.82) is 0 Å². The number of urea groups is 1. The number of aromatic nitrogens is 2. The number of aryl methyl sites for hydroxylation is 1. The van der Waals surface area contributed by atoms with Crippen LogP contribution < -0.4 is 10.6 Å². The molecule has 0 spiro atoms. The summed E-state index contributed by atoms with van der Waals surface area (Å²) in [5, 5.41) is 6.58. The van der Waals surface area contributed by atoms with Crippen LogP contribution in [0, 0.1) is 5.92 Å². The maximum Gasteiger partial charge on any atom is 0.315 e. The van der Waals surface area contributed by atoms with E-state index in [0.717, 1.165) is 24.4 Å². The van der Waals surface area contributed by atoms with Gasteiger partial charge >= 0.3 is 6.03 Å². The molecule has 1 aliphatic heterocycles. The minimum absolute atomic E-state index is 0.218. The first-order valence-corrected chi connectivity index (χ1v) is 8.36. The van der Waals surface area contributed by atoms with E-state index in [0.29, 0.717) is 24.1 Å². The molecular formula is C17H21ClN4O2. The third-order valence-electron chi connectivity index (χ3n) is 4.17. The molecule has 1 fully saturated rings. The number of carbonyl (C=O) groups is 1. The van der Waals surface area contributed by atoms with Gasteiger partial charge in [-0.05, 0) is 24.1 Å². The van der Waals surface area contributed by atoms with Gasteiger partial charge in [0.15, 0.2) is 0 Å². The van der Waals surface area contributed by atoms with Crippen LogP contribution in [0.2, 0.25) is 5.02 Å². The maximum absolute atomic E-state index is 12.3. The highest BCUT2D eigenvalue weighted by Gasteiger charge is 2.22. The highest BCUT2D eigenvalue weighted by molar-refractivity contribution is 6.30.